The van der Waals surface area contributed by atoms with Crippen molar-refractivity contribution in [3.8, 4) is 5.75 Å². The van der Waals surface area contributed by atoms with E-state index in [-0.39, 0.29) is 25.6 Å². The third-order valence-electron chi connectivity index (χ3n) is 5.72. The summed E-state index contributed by atoms with van der Waals surface area (Å²) in [5, 5.41) is 0. The number of esters is 1. The van der Waals surface area contributed by atoms with Crippen molar-refractivity contribution in [1.82, 2.24) is 4.90 Å². The number of ether oxygens (including phenoxy) is 3. The highest BCUT2D eigenvalue weighted by atomic mass is 79.9. The van der Waals surface area contributed by atoms with Crippen molar-refractivity contribution in [1.29, 1.82) is 0 Å². The number of carbonyl (C=O) groups excluding carboxylic acids is 2. The number of fused-ring (bicyclic) bond motifs is 1. The summed E-state index contributed by atoms with van der Waals surface area (Å²) in [6, 6.07) is 18.5. The highest BCUT2D eigenvalue weighted by molar-refractivity contribution is 9.10. The number of carbonyl (C=O) groups is 2. The zero-order valence-electron chi connectivity index (χ0n) is 19.2. The normalized spacial score (nSPS) is 14.7. The van der Waals surface area contributed by atoms with Gasteiger partial charge in [-0.3, -0.25) is 4.90 Å². The first-order valence-electron chi connectivity index (χ1n) is 11.3. The van der Waals surface area contributed by atoms with Crippen LogP contribution in [0.5, 0.6) is 5.75 Å². The Morgan fingerprint density at radius 3 is 2.60 bits per heavy atom. The molecule has 0 fully saturated rings. The van der Waals surface area contributed by atoms with E-state index in [4.69, 9.17) is 14.2 Å². The second-order valence-electron chi connectivity index (χ2n) is 7.97. The monoisotopic (exact) mass is 541 g/mol. The third-order valence-corrected chi connectivity index (χ3v) is 6.46. The molecule has 0 saturated heterocycles. The van der Waals surface area contributed by atoms with E-state index in [1.54, 1.807) is 11.8 Å². The lowest BCUT2D eigenvalue weighted by atomic mass is 9.88. The fraction of sp³-hybridized carbons (Fsp3) is 0.259. The molecule has 1 aliphatic rings. The first kappa shape index (κ1) is 24.7. The van der Waals surface area contributed by atoms with Crippen molar-refractivity contribution in [3.05, 3.63) is 99.3 Å². The zero-order chi connectivity index (χ0) is 24.8. The topological polar surface area (TPSA) is 65.1 Å². The summed E-state index contributed by atoms with van der Waals surface area (Å²) < 4.78 is 31.7. The Balaban J connectivity index is 1.69. The molecule has 6 nitrogen and oxygen atoms in total. The number of hydrogen-bond donors (Lipinski definition) is 0. The van der Waals surface area contributed by atoms with E-state index < -0.39 is 23.9 Å². The second kappa shape index (κ2) is 11.4. The Bertz CT molecular complexity index is 1200. The van der Waals surface area contributed by atoms with Crippen LogP contribution in [0.4, 0.5) is 9.18 Å². The van der Waals surface area contributed by atoms with Gasteiger partial charge in [-0.25, -0.2) is 14.0 Å². The highest BCUT2D eigenvalue weighted by Crippen LogP contribution is 2.42. The summed E-state index contributed by atoms with van der Waals surface area (Å²) in [5.74, 6) is -0.727. The van der Waals surface area contributed by atoms with Crippen molar-refractivity contribution >= 4 is 28.0 Å². The molecule has 0 spiro atoms. The van der Waals surface area contributed by atoms with Crippen LogP contribution >= 0.6 is 15.9 Å². The van der Waals surface area contributed by atoms with Gasteiger partial charge in [-0.15, -0.1) is 0 Å². The SMILES string of the molecule is CCOC(=O)COc1ccc(F)cc1C1c2cccc(Br)c2CCN1C(=O)OCc1ccccc1. The summed E-state index contributed by atoms with van der Waals surface area (Å²) in [5.41, 5.74) is 3.13. The lowest BCUT2D eigenvalue weighted by Gasteiger charge is -2.38. The fourth-order valence-electron chi connectivity index (χ4n) is 4.16. The molecule has 0 radical (unpaired) electrons. The van der Waals surface area contributed by atoms with Gasteiger partial charge in [0.25, 0.3) is 0 Å². The molecule has 1 unspecified atom stereocenters. The van der Waals surface area contributed by atoms with E-state index in [2.05, 4.69) is 15.9 Å². The van der Waals surface area contributed by atoms with Gasteiger partial charge in [-0.05, 0) is 54.3 Å². The van der Waals surface area contributed by atoms with Crippen LogP contribution < -0.4 is 4.74 Å². The predicted molar refractivity (Wildman–Crippen MR) is 132 cm³/mol. The number of rotatable bonds is 7. The van der Waals surface area contributed by atoms with Crippen LogP contribution in [0.2, 0.25) is 0 Å². The molecule has 1 amide bonds. The molecular formula is C27H25BrFNO5. The molecule has 8 heteroatoms. The maximum Gasteiger partial charge on any atom is 0.410 e. The van der Waals surface area contributed by atoms with E-state index in [0.29, 0.717) is 18.5 Å². The largest absolute Gasteiger partial charge is 0.482 e. The van der Waals surface area contributed by atoms with E-state index in [1.807, 2.05) is 48.5 Å². The average Bonchev–Trinajstić information content (AvgIpc) is 2.87. The van der Waals surface area contributed by atoms with Gasteiger partial charge in [0, 0.05) is 16.6 Å². The van der Waals surface area contributed by atoms with Crippen molar-refractivity contribution in [2.75, 3.05) is 19.8 Å². The number of nitrogens with zero attached hydrogens (tertiary/aromatic N) is 1. The summed E-state index contributed by atoms with van der Waals surface area (Å²) in [6.07, 6.45) is 0.0762. The van der Waals surface area contributed by atoms with Crippen molar-refractivity contribution in [2.24, 2.45) is 0 Å². The van der Waals surface area contributed by atoms with Crippen molar-refractivity contribution in [3.63, 3.8) is 0 Å². The Morgan fingerprint density at radius 2 is 1.83 bits per heavy atom. The first-order valence-corrected chi connectivity index (χ1v) is 12.1. The number of benzene rings is 3. The van der Waals surface area contributed by atoms with Gasteiger partial charge in [0.2, 0.25) is 0 Å². The minimum absolute atomic E-state index is 0.115. The van der Waals surface area contributed by atoms with Crippen LogP contribution in [-0.4, -0.2) is 36.7 Å². The smallest absolute Gasteiger partial charge is 0.410 e. The molecule has 0 aliphatic carbocycles. The predicted octanol–water partition coefficient (Wildman–Crippen LogP) is 5.81. The Morgan fingerprint density at radius 1 is 1.03 bits per heavy atom. The quantitative estimate of drug-likeness (QED) is 0.353. The summed E-state index contributed by atoms with van der Waals surface area (Å²) in [7, 11) is 0. The third kappa shape index (κ3) is 5.82. The Hall–Kier alpha value is -3.39. The minimum atomic E-state index is -0.674. The molecule has 3 aromatic carbocycles. The van der Waals surface area contributed by atoms with Crippen LogP contribution in [-0.2, 0) is 27.3 Å². The van der Waals surface area contributed by atoms with Crippen molar-refractivity contribution < 1.29 is 28.2 Å². The lowest BCUT2D eigenvalue weighted by molar-refractivity contribution is -0.145. The van der Waals surface area contributed by atoms with Gasteiger partial charge in [0.05, 0.1) is 12.6 Å². The molecule has 1 atom stereocenters. The molecule has 0 aromatic heterocycles. The summed E-state index contributed by atoms with van der Waals surface area (Å²) in [4.78, 5) is 26.7. The molecule has 35 heavy (non-hydrogen) atoms. The van der Waals surface area contributed by atoms with Gasteiger partial charge >= 0.3 is 12.1 Å². The van der Waals surface area contributed by atoms with E-state index in [9.17, 15) is 14.0 Å². The molecular weight excluding hydrogens is 517 g/mol. The molecule has 4 rings (SSSR count). The van der Waals surface area contributed by atoms with Crippen LogP contribution in [0.15, 0.2) is 71.2 Å². The summed E-state index contributed by atoms with van der Waals surface area (Å²) in [6.45, 7) is 2.08. The number of amides is 1. The van der Waals surface area contributed by atoms with Gasteiger partial charge in [0.15, 0.2) is 6.61 Å². The van der Waals surface area contributed by atoms with E-state index in [0.717, 1.165) is 21.2 Å². The van der Waals surface area contributed by atoms with Crippen LogP contribution in [0.25, 0.3) is 0 Å². The van der Waals surface area contributed by atoms with Crippen molar-refractivity contribution in [2.45, 2.75) is 26.0 Å². The van der Waals surface area contributed by atoms with Gasteiger partial charge in [0.1, 0.15) is 18.2 Å². The standard InChI is InChI=1S/C27H25BrFNO5/c1-2-33-25(31)17-34-24-12-11-19(29)15-22(24)26-21-9-6-10-23(28)20(21)13-14-30(26)27(32)35-16-18-7-4-3-5-8-18/h3-12,15,26H,2,13-14,16-17H2,1H3. The Kier molecular flexibility index (Phi) is 8.02. The molecule has 3 aromatic rings. The number of hydrogen-bond acceptors (Lipinski definition) is 5. The van der Waals surface area contributed by atoms with Crippen LogP contribution in [0.1, 0.15) is 35.2 Å². The van der Waals surface area contributed by atoms with Crippen LogP contribution in [0, 0.1) is 5.82 Å². The fourth-order valence-corrected chi connectivity index (χ4v) is 4.74. The molecule has 1 heterocycles. The molecule has 0 saturated carbocycles. The Labute approximate surface area is 211 Å². The molecule has 182 valence electrons. The molecule has 1 aliphatic heterocycles. The van der Waals surface area contributed by atoms with Crippen LogP contribution in [0.3, 0.4) is 0 Å². The number of halogens is 2. The lowest BCUT2D eigenvalue weighted by Crippen LogP contribution is -2.41. The first-order chi connectivity index (χ1) is 17.0. The van der Waals surface area contributed by atoms with Gasteiger partial charge in [-0.1, -0.05) is 58.4 Å². The maximum absolute atomic E-state index is 14.5. The minimum Gasteiger partial charge on any atom is -0.482 e. The summed E-state index contributed by atoms with van der Waals surface area (Å²) >= 11 is 3.60. The van der Waals surface area contributed by atoms with Gasteiger partial charge in [-0.2, -0.15) is 0 Å². The van der Waals surface area contributed by atoms with Gasteiger partial charge < -0.3 is 14.2 Å². The zero-order valence-corrected chi connectivity index (χ0v) is 20.8. The second-order valence-corrected chi connectivity index (χ2v) is 8.82. The molecule has 0 bridgehead atoms. The maximum atomic E-state index is 14.5. The van der Waals surface area contributed by atoms with E-state index >= 15 is 0 Å². The van der Waals surface area contributed by atoms with E-state index in [1.165, 1.54) is 18.2 Å². The molecule has 0 N–H and O–H groups in total. The average molecular weight is 542 g/mol. The highest BCUT2D eigenvalue weighted by Gasteiger charge is 2.36.